The number of rotatable bonds is 6. The van der Waals surface area contributed by atoms with Crippen molar-refractivity contribution < 1.29 is 9.21 Å². The quantitative estimate of drug-likeness (QED) is 0.882. The van der Waals surface area contributed by atoms with Crippen LogP contribution in [0.5, 0.6) is 0 Å². The Hall–Kier alpha value is -2.37. The Bertz CT molecular complexity index is 650. The molecule has 2 heterocycles. The van der Waals surface area contributed by atoms with E-state index in [2.05, 4.69) is 20.4 Å². The summed E-state index contributed by atoms with van der Waals surface area (Å²) in [4.78, 5) is 14.2. The van der Waals surface area contributed by atoms with Crippen LogP contribution in [0.25, 0.3) is 0 Å². The maximum absolute atomic E-state index is 12.1. The number of nitrogens with zero attached hydrogens (tertiary/aromatic N) is 3. The summed E-state index contributed by atoms with van der Waals surface area (Å²) in [6.07, 6.45) is 4.82. The molecule has 1 N–H and O–H groups in total. The number of carbonyl (C=O) groups is 1. The van der Waals surface area contributed by atoms with E-state index in [1.54, 1.807) is 0 Å². The molecule has 0 aliphatic carbocycles. The highest BCUT2D eigenvalue weighted by atomic mass is 16.4. The van der Waals surface area contributed by atoms with E-state index in [9.17, 15) is 4.79 Å². The maximum Gasteiger partial charge on any atom is 0.318 e. The fourth-order valence-corrected chi connectivity index (χ4v) is 2.95. The van der Waals surface area contributed by atoms with Crippen molar-refractivity contribution in [2.45, 2.75) is 45.1 Å². The lowest BCUT2D eigenvalue weighted by atomic mass is 10.1. The molecule has 1 aliphatic rings. The topological polar surface area (TPSA) is 71.3 Å². The molecular weight excluding hydrogens is 304 g/mol. The second-order valence-corrected chi connectivity index (χ2v) is 6.13. The fourth-order valence-electron chi connectivity index (χ4n) is 2.95. The molecule has 24 heavy (non-hydrogen) atoms. The van der Waals surface area contributed by atoms with E-state index < -0.39 is 6.04 Å². The number of benzene rings is 1. The molecule has 3 rings (SSSR count). The van der Waals surface area contributed by atoms with Crippen LogP contribution >= 0.6 is 0 Å². The van der Waals surface area contributed by atoms with Crippen molar-refractivity contribution in [2.24, 2.45) is 0 Å². The van der Waals surface area contributed by atoms with Crippen LogP contribution in [0.3, 0.4) is 0 Å². The van der Waals surface area contributed by atoms with E-state index >= 15 is 0 Å². The van der Waals surface area contributed by atoms with Crippen molar-refractivity contribution in [3.63, 3.8) is 0 Å². The lowest BCUT2D eigenvalue weighted by Crippen LogP contribution is -2.30. The van der Waals surface area contributed by atoms with E-state index in [-0.39, 0.29) is 5.91 Å². The zero-order chi connectivity index (χ0) is 16.8. The van der Waals surface area contributed by atoms with Crippen molar-refractivity contribution in [1.82, 2.24) is 15.5 Å². The zero-order valence-corrected chi connectivity index (χ0v) is 14.1. The van der Waals surface area contributed by atoms with Gasteiger partial charge >= 0.3 is 6.01 Å². The van der Waals surface area contributed by atoms with Gasteiger partial charge in [0.05, 0.1) is 0 Å². The molecule has 0 spiro atoms. The van der Waals surface area contributed by atoms with Gasteiger partial charge in [-0.05, 0) is 31.2 Å². The second kappa shape index (κ2) is 7.95. The molecule has 1 unspecified atom stereocenters. The summed E-state index contributed by atoms with van der Waals surface area (Å²) >= 11 is 0. The average Bonchev–Trinajstić information content (AvgIpc) is 3.11. The molecule has 1 aromatic heterocycles. The number of piperidine rings is 1. The van der Waals surface area contributed by atoms with E-state index in [0.29, 0.717) is 18.3 Å². The summed E-state index contributed by atoms with van der Waals surface area (Å²) in [5.41, 5.74) is 0.941. The molecule has 0 saturated carbocycles. The van der Waals surface area contributed by atoms with Crippen LogP contribution in [-0.4, -0.2) is 29.2 Å². The van der Waals surface area contributed by atoms with Gasteiger partial charge in [0.15, 0.2) is 0 Å². The Morgan fingerprint density at radius 1 is 1.21 bits per heavy atom. The average molecular weight is 328 g/mol. The molecule has 2 aromatic rings. The van der Waals surface area contributed by atoms with Crippen molar-refractivity contribution >= 4 is 11.9 Å². The molecule has 1 atom stereocenters. The van der Waals surface area contributed by atoms with Gasteiger partial charge in [0.25, 0.3) is 0 Å². The molecule has 6 heteroatoms. The zero-order valence-electron chi connectivity index (χ0n) is 14.1. The molecule has 6 nitrogen and oxygen atoms in total. The van der Waals surface area contributed by atoms with Gasteiger partial charge in [0.1, 0.15) is 6.04 Å². The van der Waals surface area contributed by atoms with Gasteiger partial charge in [-0.25, -0.2) is 0 Å². The summed E-state index contributed by atoms with van der Waals surface area (Å²) in [7, 11) is 0. The highest BCUT2D eigenvalue weighted by molar-refractivity contribution is 5.76. The number of hydrogen-bond donors (Lipinski definition) is 1. The first kappa shape index (κ1) is 16.5. The third-order valence-corrected chi connectivity index (χ3v) is 4.22. The van der Waals surface area contributed by atoms with Crippen LogP contribution in [0.15, 0.2) is 34.7 Å². The van der Waals surface area contributed by atoms with Crippen LogP contribution in [0.4, 0.5) is 6.01 Å². The number of hydrogen-bond acceptors (Lipinski definition) is 5. The highest BCUT2D eigenvalue weighted by Crippen LogP contribution is 2.25. The molecule has 1 aromatic carbocycles. The van der Waals surface area contributed by atoms with Crippen LogP contribution in [0.2, 0.25) is 0 Å². The SMILES string of the molecule is CCCC(=O)NC(c1ccccc1)c1nnc(N2CCCCC2)o1. The highest BCUT2D eigenvalue weighted by Gasteiger charge is 2.24. The molecule has 0 bridgehead atoms. The third-order valence-electron chi connectivity index (χ3n) is 4.22. The minimum atomic E-state index is -0.406. The first-order chi connectivity index (χ1) is 11.8. The Morgan fingerprint density at radius 2 is 1.96 bits per heavy atom. The fraction of sp³-hybridized carbons (Fsp3) is 0.500. The monoisotopic (exact) mass is 328 g/mol. The minimum absolute atomic E-state index is 0.0101. The summed E-state index contributed by atoms with van der Waals surface area (Å²) in [6.45, 7) is 3.87. The van der Waals surface area contributed by atoms with E-state index in [1.165, 1.54) is 6.42 Å². The van der Waals surface area contributed by atoms with Crippen LogP contribution in [0.1, 0.15) is 56.5 Å². The maximum atomic E-state index is 12.1. The van der Waals surface area contributed by atoms with Crippen molar-refractivity contribution in [1.29, 1.82) is 0 Å². The predicted molar refractivity (Wildman–Crippen MR) is 91.7 cm³/mol. The number of nitrogens with one attached hydrogen (secondary N) is 1. The Morgan fingerprint density at radius 3 is 2.67 bits per heavy atom. The minimum Gasteiger partial charge on any atom is -0.405 e. The first-order valence-electron chi connectivity index (χ1n) is 8.70. The standard InChI is InChI=1S/C18H24N4O2/c1-2-9-15(23)19-16(14-10-5-3-6-11-14)17-20-21-18(24-17)22-12-7-4-8-13-22/h3,5-6,10-11,16H,2,4,7-9,12-13H2,1H3,(H,19,23). The Kier molecular flexibility index (Phi) is 5.46. The van der Waals surface area contributed by atoms with Gasteiger partial charge in [-0.3, -0.25) is 4.79 Å². The van der Waals surface area contributed by atoms with Crippen LogP contribution in [-0.2, 0) is 4.79 Å². The van der Waals surface area contributed by atoms with E-state index in [0.717, 1.165) is 37.9 Å². The normalized spacial score (nSPS) is 16.0. The van der Waals surface area contributed by atoms with Gasteiger partial charge in [0, 0.05) is 19.5 Å². The van der Waals surface area contributed by atoms with E-state index in [1.807, 2.05) is 37.3 Å². The van der Waals surface area contributed by atoms with Gasteiger partial charge in [0.2, 0.25) is 11.8 Å². The predicted octanol–water partition coefficient (Wildman–Crippen LogP) is 3.07. The summed E-state index contributed by atoms with van der Waals surface area (Å²) in [5, 5.41) is 11.4. The van der Waals surface area contributed by atoms with Crippen molar-refractivity contribution in [3.05, 3.63) is 41.8 Å². The summed E-state index contributed by atoms with van der Waals surface area (Å²) in [5.74, 6) is 0.426. The number of carbonyl (C=O) groups excluding carboxylic acids is 1. The lowest BCUT2D eigenvalue weighted by molar-refractivity contribution is -0.121. The molecule has 1 saturated heterocycles. The molecule has 128 valence electrons. The van der Waals surface area contributed by atoms with Crippen LogP contribution in [0, 0.1) is 0 Å². The molecule has 1 fully saturated rings. The molecular formula is C18H24N4O2. The number of anilines is 1. The van der Waals surface area contributed by atoms with Crippen LogP contribution < -0.4 is 10.2 Å². The van der Waals surface area contributed by atoms with Crippen molar-refractivity contribution in [3.8, 4) is 0 Å². The largest absolute Gasteiger partial charge is 0.405 e. The summed E-state index contributed by atoms with van der Waals surface area (Å²) < 4.78 is 5.91. The lowest BCUT2D eigenvalue weighted by Gasteiger charge is -2.24. The third kappa shape index (κ3) is 3.93. The van der Waals surface area contributed by atoms with Gasteiger partial charge < -0.3 is 14.6 Å². The Labute approximate surface area is 142 Å². The second-order valence-electron chi connectivity index (χ2n) is 6.13. The summed E-state index contributed by atoms with van der Waals surface area (Å²) in [6, 6.07) is 9.89. The van der Waals surface area contributed by atoms with E-state index in [4.69, 9.17) is 4.42 Å². The number of aromatic nitrogens is 2. The molecule has 0 radical (unpaired) electrons. The first-order valence-corrected chi connectivity index (χ1v) is 8.70. The van der Waals surface area contributed by atoms with Gasteiger partial charge in [-0.2, -0.15) is 0 Å². The smallest absolute Gasteiger partial charge is 0.318 e. The Balaban J connectivity index is 1.82. The van der Waals surface area contributed by atoms with Gasteiger partial charge in [-0.15, -0.1) is 5.10 Å². The van der Waals surface area contributed by atoms with Gasteiger partial charge in [-0.1, -0.05) is 42.4 Å². The van der Waals surface area contributed by atoms with Crippen molar-refractivity contribution in [2.75, 3.05) is 18.0 Å². The molecule has 1 aliphatic heterocycles. The molecule has 1 amide bonds. The number of amides is 1.